The van der Waals surface area contributed by atoms with E-state index in [0.29, 0.717) is 0 Å². The lowest BCUT2D eigenvalue weighted by Gasteiger charge is -2.05. The number of phenols is 1. The van der Waals surface area contributed by atoms with Crippen molar-refractivity contribution in [1.82, 2.24) is 15.0 Å². The number of methoxy groups -OCH3 is 1. The number of nitrogens with two attached hydrogens (primary N) is 1. The average Bonchev–Trinajstić information content (AvgIpc) is 2.80. The highest BCUT2D eigenvalue weighted by molar-refractivity contribution is 5.93. The minimum atomic E-state index is -1.31. The maximum atomic E-state index is 11.4. The number of ether oxygens (including phenoxy) is 1. The summed E-state index contributed by atoms with van der Waals surface area (Å²) in [5.74, 6) is -2.56. The molecule has 104 valence electrons. The topological polar surface area (TPSA) is 141 Å². The Labute approximate surface area is 112 Å². The zero-order valence-corrected chi connectivity index (χ0v) is 10.3. The molecule has 1 heterocycles. The van der Waals surface area contributed by atoms with E-state index < -0.39 is 17.7 Å². The van der Waals surface area contributed by atoms with Crippen molar-refractivity contribution in [3.63, 3.8) is 0 Å². The predicted octanol–water partition coefficient (Wildman–Crippen LogP) is 0.0399. The number of aromatic hydroxyl groups is 1. The Morgan fingerprint density at radius 3 is 2.70 bits per heavy atom. The molecule has 4 N–H and O–H groups in total. The van der Waals surface area contributed by atoms with Gasteiger partial charge in [0.15, 0.2) is 5.82 Å². The van der Waals surface area contributed by atoms with Crippen LogP contribution in [0.5, 0.6) is 5.75 Å². The van der Waals surface area contributed by atoms with Crippen LogP contribution in [-0.2, 0) is 4.74 Å². The van der Waals surface area contributed by atoms with Gasteiger partial charge in [0.2, 0.25) is 5.69 Å². The molecule has 1 aromatic carbocycles. The van der Waals surface area contributed by atoms with Gasteiger partial charge in [0.1, 0.15) is 11.3 Å². The number of hydrogen-bond acceptors (Lipinski definition) is 7. The number of carboxylic acids is 1. The molecule has 0 fully saturated rings. The van der Waals surface area contributed by atoms with Gasteiger partial charge in [-0.25, -0.2) is 9.59 Å². The molecule has 0 aliphatic heterocycles. The van der Waals surface area contributed by atoms with Crippen molar-refractivity contribution in [2.24, 2.45) is 0 Å². The summed E-state index contributed by atoms with van der Waals surface area (Å²) in [6, 6.07) is 3.72. The van der Waals surface area contributed by atoms with Crippen molar-refractivity contribution < 1.29 is 24.5 Å². The van der Waals surface area contributed by atoms with E-state index >= 15 is 0 Å². The molecule has 0 atom stereocenters. The van der Waals surface area contributed by atoms with Crippen LogP contribution < -0.4 is 5.73 Å². The van der Waals surface area contributed by atoms with Gasteiger partial charge in [-0.1, -0.05) is 5.21 Å². The zero-order chi connectivity index (χ0) is 14.9. The number of carbonyl (C=O) groups is 2. The van der Waals surface area contributed by atoms with Crippen LogP contribution in [-0.4, -0.2) is 44.3 Å². The predicted molar refractivity (Wildman–Crippen MR) is 65.7 cm³/mol. The van der Waals surface area contributed by atoms with Crippen LogP contribution in [0, 0.1) is 0 Å². The first-order valence-corrected chi connectivity index (χ1v) is 5.32. The normalized spacial score (nSPS) is 10.2. The van der Waals surface area contributed by atoms with E-state index in [1.807, 2.05) is 0 Å². The first kappa shape index (κ1) is 13.3. The Morgan fingerprint density at radius 2 is 2.10 bits per heavy atom. The molecule has 9 nitrogen and oxygen atoms in total. The van der Waals surface area contributed by atoms with Gasteiger partial charge >= 0.3 is 11.9 Å². The largest absolute Gasteiger partial charge is 0.507 e. The molecular formula is C11H10N4O5. The summed E-state index contributed by atoms with van der Waals surface area (Å²) in [6.45, 7) is 0. The monoisotopic (exact) mass is 278 g/mol. The fourth-order valence-corrected chi connectivity index (χ4v) is 1.55. The summed E-state index contributed by atoms with van der Waals surface area (Å²) in [5.41, 5.74) is 5.43. The first-order valence-electron chi connectivity index (χ1n) is 5.32. The van der Waals surface area contributed by atoms with Gasteiger partial charge in [-0.05, 0) is 18.2 Å². The van der Waals surface area contributed by atoms with Crippen molar-refractivity contribution in [3.8, 4) is 11.4 Å². The van der Waals surface area contributed by atoms with Crippen molar-refractivity contribution in [3.05, 3.63) is 29.5 Å². The number of carboxylic acid groups (broad SMARTS) is 1. The number of aromatic nitrogens is 3. The molecule has 1 aromatic heterocycles. The second kappa shape index (κ2) is 4.88. The highest BCUT2D eigenvalue weighted by Crippen LogP contribution is 2.22. The molecule has 0 bridgehead atoms. The molecule has 0 aliphatic rings. The van der Waals surface area contributed by atoms with Gasteiger partial charge in [0, 0.05) is 0 Å². The summed E-state index contributed by atoms with van der Waals surface area (Å²) in [6.07, 6.45) is 0. The zero-order valence-electron chi connectivity index (χ0n) is 10.3. The molecule has 0 unspecified atom stereocenters. The van der Waals surface area contributed by atoms with Crippen molar-refractivity contribution in [2.75, 3.05) is 12.8 Å². The van der Waals surface area contributed by atoms with Crippen LogP contribution in [0.1, 0.15) is 20.8 Å². The molecular weight excluding hydrogens is 268 g/mol. The molecule has 0 aliphatic carbocycles. The third kappa shape index (κ3) is 2.11. The van der Waals surface area contributed by atoms with Crippen LogP contribution in [0.15, 0.2) is 18.2 Å². The van der Waals surface area contributed by atoms with Crippen molar-refractivity contribution in [2.45, 2.75) is 0 Å². The molecule has 0 spiro atoms. The van der Waals surface area contributed by atoms with Crippen LogP contribution in [0.3, 0.4) is 0 Å². The Morgan fingerprint density at radius 1 is 1.40 bits per heavy atom. The van der Waals surface area contributed by atoms with E-state index in [-0.39, 0.29) is 22.8 Å². The number of benzene rings is 1. The average molecular weight is 278 g/mol. The number of rotatable bonds is 3. The lowest BCUT2D eigenvalue weighted by Crippen LogP contribution is -2.08. The van der Waals surface area contributed by atoms with E-state index in [1.54, 1.807) is 0 Å². The second-order valence-electron chi connectivity index (χ2n) is 3.73. The van der Waals surface area contributed by atoms with E-state index in [4.69, 9.17) is 10.8 Å². The van der Waals surface area contributed by atoms with Gasteiger partial charge in [0.25, 0.3) is 0 Å². The first-order chi connectivity index (χ1) is 9.45. The number of aromatic carboxylic acids is 1. The molecule has 2 rings (SSSR count). The Kier molecular flexibility index (Phi) is 3.25. The lowest BCUT2D eigenvalue weighted by atomic mass is 10.2. The standard InChI is InChI=1S/C11H10N4O5/c1-20-11(19)8-9(12)15(14-13-8)5-2-3-7(16)6(4-5)10(17)18/h2-4,16H,12H2,1H3,(H,17,18). The molecule has 0 saturated heterocycles. The van der Waals surface area contributed by atoms with Gasteiger partial charge in [-0.15, -0.1) is 5.10 Å². The Bertz CT molecular complexity index is 694. The summed E-state index contributed by atoms with van der Waals surface area (Å²) in [4.78, 5) is 22.3. The van der Waals surface area contributed by atoms with E-state index in [2.05, 4.69) is 15.0 Å². The Hall–Kier alpha value is -3.10. The highest BCUT2D eigenvalue weighted by atomic mass is 16.5. The number of anilines is 1. The van der Waals surface area contributed by atoms with E-state index in [0.717, 1.165) is 10.7 Å². The van der Waals surface area contributed by atoms with Gasteiger partial charge in [-0.2, -0.15) is 4.68 Å². The highest BCUT2D eigenvalue weighted by Gasteiger charge is 2.20. The number of esters is 1. The van der Waals surface area contributed by atoms with E-state index in [9.17, 15) is 14.7 Å². The van der Waals surface area contributed by atoms with Crippen LogP contribution in [0.25, 0.3) is 5.69 Å². The minimum absolute atomic E-state index is 0.0983. The minimum Gasteiger partial charge on any atom is -0.507 e. The maximum absolute atomic E-state index is 11.4. The smallest absolute Gasteiger partial charge is 0.362 e. The summed E-state index contributed by atoms with van der Waals surface area (Å²) < 4.78 is 5.55. The number of carbonyl (C=O) groups excluding carboxylic acids is 1. The van der Waals surface area contributed by atoms with Gasteiger partial charge < -0.3 is 20.7 Å². The van der Waals surface area contributed by atoms with Crippen LogP contribution >= 0.6 is 0 Å². The molecule has 0 radical (unpaired) electrons. The molecule has 2 aromatic rings. The SMILES string of the molecule is COC(=O)c1nnn(-c2ccc(O)c(C(=O)O)c2)c1N. The number of nitrogen functional groups attached to an aromatic ring is 1. The number of hydrogen-bond donors (Lipinski definition) is 3. The summed E-state index contributed by atoms with van der Waals surface area (Å²) in [7, 11) is 1.17. The fourth-order valence-electron chi connectivity index (χ4n) is 1.55. The third-order valence-electron chi connectivity index (χ3n) is 2.54. The van der Waals surface area contributed by atoms with Gasteiger partial charge in [-0.3, -0.25) is 0 Å². The lowest BCUT2D eigenvalue weighted by molar-refractivity contribution is 0.0594. The fraction of sp³-hybridized carbons (Fsp3) is 0.0909. The van der Waals surface area contributed by atoms with Crippen molar-refractivity contribution >= 4 is 17.8 Å². The third-order valence-corrected chi connectivity index (χ3v) is 2.54. The van der Waals surface area contributed by atoms with Crippen LogP contribution in [0.4, 0.5) is 5.82 Å². The quantitative estimate of drug-likeness (QED) is 0.668. The van der Waals surface area contributed by atoms with Crippen LogP contribution in [0.2, 0.25) is 0 Å². The molecule has 0 saturated carbocycles. The van der Waals surface area contributed by atoms with Gasteiger partial charge in [0.05, 0.1) is 12.8 Å². The maximum Gasteiger partial charge on any atom is 0.362 e. The molecule has 9 heteroatoms. The summed E-state index contributed by atoms with van der Waals surface area (Å²) in [5, 5.41) is 25.6. The van der Waals surface area contributed by atoms with Crippen molar-refractivity contribution in [1.29, 1.82) is 0 Å². The molecule has 0 amide bonds. The Balaban J connectivity index is 2.53. The second-order valence-corrected chi connectivity index (χ2v) is 3.73. The van der Waals surface area contributed by atoms with E-state index in [1.165, 1.54) is 19.2 Å². The number of nitrogens with zero attached hydrogens (tertiary/aromatic N) is 3. The molecule has 20 heavy (non-hydrogen) atoms. The summed E-state index contributed by atoms with van der Waals surface area (Å²) >= 11 is 0.